The Kier molecular flexibility index (Phi) is 15.9. The summed E-state index contributed by atoms with van der Waals surface area (Å²) in [6.45, 7) is 22.8. The zero-order valence-electron chi connectivity index (χ0n) is 36.4. The van der Waals surface area contributed by atoms with E-state index in [-0.39, 0.29) is 59.6 Å². The van der Waals surface area contributed by atoms with Crippen LogP contribution in [0.5, 0.6) is 0 Å². The second-order valence-corrected chi connectivity index (χ2v) is 20.0. The summed E-state index contributed by atoms with van der Waals surface area (Å²) in [6, 6.07) is 1.36. The molecule has 322 valence electrons. The molecule has 2 aliphatic heterocycles. The highest BCUT2D eigenvalue weighted by Gasteiger charge is 2.49. The molecule has 0 spiro atoms. The number of hydrogen-bond acceptors (Lipinski definition) is 8. The highest BCUT2D eigenvalue weighted by Crippen LogP contribution is 2.40. The molecule has 0 radical (unpaired) electrons. The number of aromatic nitrogens is 1. The Balaban J connectivity index is 1.82. The molecule has 6 amide bonds. The summed E-state index contributed by atoms with van der Waals surface area (Å²) in [5, 5.41) is 21.9. The predicted octanol–water partition coefficient (Wildman–Crippen LogP) is 3.50. The molecule has 0 saturated carbocycles. The normalized spacial score (nSPS) is 28.8. The topological polar surface area (TPSA) is 202 Å². The molecule has 2 aliphatic rings. The van der Waals surface area contributed by atoms with Crippen LogP contribution >= 0.6 is 11.8 Å². The van der Waals surface area contributed by atoms with Crippen LogP contribution in [0.1, 0.15) is 101 Å². The van der Waals surface area contributed by atoms with E-state index in [0.29, 0.717) is 6.42 Å². The van der Waals surface area contributed by atoms with Crippen molar-refractivity contribution in [2.24, 2.45) is 29.6 Å². The van der Waals surface area contributed by atoms with Gasteiger partial charge in [0.1, 0.15) is 36.3 Å². The second kappa shape index (κ2) is 19.8. The van der Waals surface area contributed by atoms with E-state index in [9.17, 15) is 28.8 Å². The molecule has 2 bridgehead atoms. The third kappa shape index (κ3) is 11.3. The summed E-state index contributed by atoms with van der Waals surface area (Å²) in [6.07, 6.45) is 2.72. The smallest absolute Gasteiger partial charge is 0.243 e. The number of amides is 6. The Morgan fingerprint density at radius 2 is 1.17 bits per heavy atom. The van der Waals surface area contributed by atoms with Crippen LogP contribution in [0.3, 0.4) is 0 Å². The maximum absolute atomic E-state index is 14.5. The van der Waals surface area contributed by atoms with Gasteiger partial charge >= 0.3 is 0 Å². The van der Waals surface area contributed by atoms with Crippen molar-refractivity contribution in [1.29, 1.82) is 0 Å². The molecule has 8 N–H and O–H groups in total. The van der Waals surface area contributed by atoms with Crippen LogP contribution in [0.15, 0.2) is 30.5 Å². The first-order valence-corrected chi connectivity index (χ1v) is 21.8. The van der Waals surface area contributed by atoms with Gasteiger partial charge in [0.05, 0.1) is 11.4 Å². The zero-order chi connectivity index (χ0) is 43.2. The van der Waals surface area contributed by atoms with Crippen LogP contribution in [-0.2, 0) is 35.2 Å². The standard InChI is InChI=1S/C43H68N8O6S/c1-13-25(10)34-40(56)46-30(19-26-20-44-28-17-15-14-16-27(26)28)36(52)45-29(18-21(2)3)37(53)47-31(22(4)5)38(54)48-32(23(6)7)39(55)49-33(24(8)9)42-51-35(41(57)50-34)43(11,12)58-42/h14-17,20-25,29-35,42,44,51H,13,18-19H2,1-12H3,(H,45,52)(H,46,56)(H,47,53)(H,48,54)(H,49,55)(H,50,57). The van der Waals surface area contributed by atoms with Gasteiger partial charge in [0, 0.05) is 28.3 Å². The largest absolute Gasteiger partial charge is 0.361 e. The minimum atomic E-state index is -1.13. The number of thioether (sulfide) groups is 1. The number of aromatic amines is 1. The van der Waals surface area contributed by atoms with Gasteiger partial charge in [0.25, 0.3) is 0 Å². The van der Waals surface area contributed by atoms with Gasteiger partial charge in [-0.05, 0) is 61.5 Å². The number of carbonyl (C=O) groups excluding carboxylic acids is 6. The molecule has 2 aromatic rings. The summed E-state index contributed by atoms with van der Waals surface area (Å²) in [7, 11) is 0. The summed E-state index contributed by atoms with van der Waals surface area (Å²) in [5.74, 6) is -4.01. The van der Waals surface area contributed by atoms with Crippen molar-refractivity contribution in [3.8, 4) is 0 Å². The molecule has 2 saturated heterocycles. The third-order valence-electron chi connectivity index (χ3n) is 11.4. The van der Waals surface area contributed by atoms with Crippen molar-refractivity contribution in [2.75, 3.05) is 0 Å². The molecular weight excluding hydrogens is 757 g/mol. The quantitative estimate of drug-likeness (QED) is 0.188. The summed E-state index contributed by atoms with van der Waals surface area (Å²) in [4.78, 5) is 88.6. The first-order valence-electron chi connectivity index (χ1n) is 21.0. The van der Waals surface area contributed by atoms with Gasteiger partial charge in [0.2, 0.25) is 35.4 Å². The first kappa shape index (κ1) is 46.6. The number of para-hydroxylation sites is 1. The van der Waals surface area contributed by atoms with Crippen LogP contribution in [-0.4, -0.2) is 92.8 Å². The summed E-state index contributed by atoms with van der Waals surface area (Å²) < 4.78 is -0.641. The molecule has 0 aliphatic carbocycles. The third-order valence-corrected chi connectivity index (χ3v) is 13.0. The Bertz CT molecular complexity index is 1790. The zero-order valence-corrected chi connectivity index (χ0v) is 37.2. The molecule has 2 fully saturated rings. The maximum atomic E-state index is 14.5. The molecule has 3 heterocycles. The number of nitrogens with one attached hydrogen (secondary N) is 8. The molecular formula is C43H68N8O6S. The average Bonchev–Trinajstić information content (AvgIpc) is 3.70. The Hall–Kier alpha value is -4.11. The van der Waals surface area contributed by atoms with Crippen molar-refractivity contribution in [2.45, 2.75) is 155 Å². The lowest BCUT2D eigenvalue weighted by Gasteiger charge is -2.32. The molecule has 58 heavy (non-hydrogen) atoms. The monoisotopic (exact) mass is 824 g/mol. The molecule has 4 rings (SSSR count). The fraction of sp³-hybridized carbons (Fsp3) is 0.674. The van der Waals surface area contributed by atoms with Crippen molar-refractivity contribution in [1.82, 2.24) is 42.2 Å². The van der Waals surface area contributed by atoms with Gasteiger partial charge in [-0.3, -0.25) is 34.1 Å². The summed E-state index contributed by atoms with van der Waals surface area (Å²) in [5.41, 5.74) is 1.65. The number of fused-ring (bicyclic) bond motifs is 3. The lowest BCUT2D eigenvalue weighted by atomic mass is 9.95. The second-order valence-electron chi connectivity index (χ2n) is 18.2. The van der Waals surface area contributed by atoms with E-state index >= 15 is 0 Å². The van der Waals surface area contributed by atoms with Crippen molar-refractivity contribution in [3.05, 3.63) is 36.0 Å². The fourth-order valence-electron chi connectivity index (χ4n) is 7.68. The van der Waals surface area contributed by atoms with Crippen LogP contribution < -0.4 is 37.2 Å². The van der Waals surface area contributed by atoms with Gasteiger partial charge in [-0.2, -0.15) is 0 Å². The van der Waals surface area contributed by atoms with E-state index in [1.54, 1.807) is 20.0 Å². The van der Waals surface area contributed by atoms with E-state index in [1.165, 1.54) is 11.8 Å². The van der Waals surface area contributed by atoms with Crippen molar-refractivity contribution >= 4 is 58.1 Å². The minimum Gasteiger partial charge on any atom is -0.361 e. The molecule has 1 aromatic carbocycles. The Morgan fingerprint density at radius 3 is 1.76 bits per heavy atom. The Labute approximate surface area is 348 Å². The molecule has 14 nitrogen and oxygen atoms in total. The van der Waals surface area contributed by atoms with Crippen LogP contribution in [0.2, 0.25) is 0 Å². The average molecular weight is 825 g/mol. The van der Waals surface area contributed by atoms with E-state index in [1.807, 2.05) is 93.5 Å². The van der Waals surface area contributed by atoms with Crippen molar-refractivity contribution in [3.63, 3.8) is 0 Å². The fourth-order valence-corrected chi connectivity index (χ4v) is 9.38. The SMILES string of the molecule is CCC(C)C1NC(=O)C2NC(SC2(C)C)C(C(C)C)NC(=O)C(C(C)C)NC(=O)C(C(C)C)NC(=O)C(CC(C)C)NC(=O)C(Cc2c[nH]c3ccccc23)NC1=O. The van der Waals surface area contributed by atoms with Gasteiger partial charge in [-0.1, -0.05) is 93.9 Å². The minimum absolute atomic E-state index is 0.0298. The van der Waals surface area contributed by atoms with Gasteiger partial charge in [0.15, 0.2) is 0 Å². The van der Waals surface area contributed by atoms with Gasteiger partial charge < -0.3 is 36.9 Å². The van der Waals surface area contributed by atoms with E-state index in [4.69, 9.17) is 0 Å². The molecule has 9 atom stereocenters. The van der Waals surface area contributed by atoms with Crippen LogP contribution in [0.4, 0.5) is 0 Å². The highest BCUT2D eigenvalue weighted by atomic mass is 32.2. The summed E-state index contributed by atoms with van der Waals surface area (Å²) >= 11 is 1.53. The number of H-pyrrole nitrogens is 1. The van der Waals surface area contributed by atoms with Crippen molar-refractivity contribution < 1.29 is 28.8 Å². The molecule has 1 aromatic heterocycles. The maximum Gasteiger partial charge on any atom is 0.243 e. The number of rotatable bonds is 9. The number of benzene rings is 1. The number of hydrogen-bond donors (Lipinski definition) is 8. The lowest BCUT2D eigenvalue weighted by molar-refractivity contribution is -0.136. The van der Waals surface area contributed by atoms with Gasteiger partial charge in [-0.25, -0.2) is 0 Å². The number of carbonyl (C=O) groups is 6. The van der Waals surface area contributed by atoms with Crippen LogP contribution in [0.25, 0.3) is 10.9 Å². The molecule has 9 unspecified atom stereocenters. The van der Waals surface area contributed by atoms with E-state index in [0.717, 1.165) is 16.5 Å². The van der Waals surface area contributed by atoms with E-state index < -0.39 is 70.7 Å². The lowest BCUT2D eigenvalue weighted by Crippen LogP contribution is -2.61. The first-order chi connectivity index (χ1) is 27.1. The van der Waals surface area contributed by atoms with Crippen LogP contribution in [0, 0.1) is 29.6 Å². The predicted molar refractivity (Wildman–Crippen MR) is 229 cm³/mol. The molecule has 15 heteroatoms. The van der Waals surface area contributed by atoms with Gasteiger partial charge in [-0.15, -0.1) is 11.8 Å². The highest BCUT2D eigenvalue weighted by molar-refractivity contribution is 8.01. The Morgan fingerprint density at radius 1 is 0.638 bits per heavy atom. The van der Waals surface area contributed by atoms with E-state index in [2.05, 4.69) is 42.2 Å².